The van der Waals surface area contributed by atoms with Crippen molar-refractivity contribution in [2.75, 3.05) is 71.5 Å². The van der Waals surface area contributed by atoms with Crippen molar-refractivity contribution < 1.29 is 22.7 Å². The van der Waals surface area contributed by atoms with E-state index in [9.17, 15) is 13.2 Å². The Morgan fingerprint density at radius 3 is 2.14 bits per heavy atom. The summed E-state index contributed by atoms with van der Waals surface area (Å²) in [4.78, 5) is 22.4. The summed E-state index contributed by atoms with van der Waals surface area (Å²) in [6.07, 6.45) is 3.51. The van der Waals surface area contributed by atoms with Crippen molar-refractivity contribution in [2.45, 2.75) is 44.4 Å². The predicted molar refractivity (Wildman–Crippen MR) is 176 cm³/mol. The highest BCUT2D eigenvalue weighted by Crippen LogP contribution is 2.40. The minimum absolute atomic E-state index is 0. The minimum Gasteiger partial charge on any atom is -0.495 e. The normalized spacial score (nSPS) is 14.1. The third kappa shape index (κ3) is 8.51. The van der Waals surface area contributed by atoms with Crippen LogP contribution in [0.2, 0.25) is 0 Å². The van der Waals surface area contributed by atoms with Gasteiger partial charge in [-0.3, -0.25) is 9.69 Å². The number of rotatable bonds is 15. The summed E-state index contributed by atoms with van der Waals surface area (Å²) in [5, 5.41) is 3.93. The van der Waals surface area contributed by atoms with Crippen molar-refractivity contribution in [2.24, 2.45) is 0 Å². The molecule has 0 aliphatic carbocycles. The van der Waals surface area contributed by atoms with Crippen LogP contribution in [0.15, 0.2) is 41.3 Å². The van der Waals surface area contributed by atoms with E-state index in [2.05, 4.69) is 29.0 Å². The fraction of sp³-hybridized carbons (Fsp3) is 0.533. The van der Waals surface area contributed by atoms with Gasteiger partial charge in [-0.2, -0.15) is 4.31 Å². The van der Waals surface area contributed by atoms with Crippen LogP contribution in [0.5, 0.6) is 11.5 Å². The molecule has 13 heteroatoms. The van der Waals surface area contributed by atoms with Gasteiger partial charge in [0.2, 0.25) is 10.0 Å². The maximum atomic E-state index is 13.2. The summed E-state index contributed by atoms with van der Waals surface area (Å²) in [7, 11) is -0.275. The zero-order valence-electron chi connectivity index (χ0n) is 25.5. The van der Waals surface area contributed by atoms with Crippen LogP contribution in [0.3, 0.4) is 0 Å². The van der Waals surface area contributed by atoms with Crippen LogP contribution in [0.25, 0.3) is 10.2 Å². The van der Waals surface area contributed by atoms with E-state index in [1.54, 1.807) is 54.1 Å². The number of fused-ring (bicyclic) bond motifs is 1. The molecule has 2 aromatic carbocycles. The van der Waals surface area contributed by atoms with Crippen molar-refractivity contribution in [3.05, 3.63) is 42.0 Å². The first-order valence-electron chi connectivity index (χ1n) is 14.7. The number of amides is 1. The quantitative estimate of drug-likeness (QED) is 0.248. The molecule has 0 atom stereocenters. The monoisotopic (exact) mass is 653 g/mol. The first-order valence-corrected chi connectivity index (χ1v) is 16.9. The first kappa shape index (κ1) is 34.8. The summed E-state index contributed by atoms with van der Waals surface area (Å²) < 4.78 is 39.9. The predicted octanol–water partition coefficient (Wildman–Crippen LogP) is 4.88. The number of carbonyl (C=O) groups excluding carboxylic acids is 1. The lowest BCUT2D eigenvalue weighted by atomic mass is 10.2. The van der Waals surface area contributed by atoms with Gasteiger partial charge in [0, 0.05) is 57.9 Å². The largest absolute Gasteiger partial charge is 0.495 e. The number of methoxy groups -OCH3 is 2. The third-order valence-electron chi connectivity index (χ3n) is 7.53. The van der Waals surface area contributed by atoms with Gasteiger partial charge < -0.3 is 19.7 Å². The number of sulfonamides is 1. The lowest BCUT2D eigenvalue weighted by Gasteiger charge is -2.34. The molecular formula is C30H44ClN5O5S2. The van der Waals surface area contributed by atoms with Gasteiger partial charge in [0.15, 0.2) is 5.13 Å². The molecule has 1 aliphatic heterocycles. The van der Waals surface area contributed by atoms with Crippen molar-refractivity contribution in [3.63, 3.8) is 0 Å². The molecule has 0 unspecified atom stereocenters. The Kier molecular flexibility index (Phi) is 13.3. The van der Waals surface area contributed by atoms with Crippen molar-refractivity contribution in [3.8, 4) is 11.5 Å². The number of anilines is 1. The van der Waals surface area contributed by atoms with Crippen molar-refractivity contribution in [1.29, 1.82) is 0 Å². The van der Waals surface area contributed by atoms with Gasteiger partial charge in [0.1, 0.15) is 21.7 Å². The Labute approximate surface area is 265 Å². The van der Waals surface area contributed by atoms with E-state index < -0.39 is 10.0 Å². The molecule has 0 bridgehead atoms. The van der Waals surface area contributed by atoms with Crippen LogP contribution in [0.4, 0.5) is 5.13 Å². The van der Waals surface area contributed by atoms with Crippen LogP contribution >= 0.6 is 23.7 Å². The molecule has 2 heterocycles. The molecule has 1 amide bonds. The van der Waals surface area contributed by atoms with Gasteiger partial charge in [-0.25, -0.2) is 13.4 Å². The third-order valence-corrected chi connectivity index (χ3v) is 10.6. The SMILES string of the molecule is CCCCN(CCCC)S(=O)(=O)c1ccc(C(=O)NCCN2CCN(c3nc4c(OC)ccc(OC)c4s3)CC2)cc1.Cl. The van der Waals surface area contributed by atoms with E-state index in [0.717, 1.165) is 85.3 Å². The smallest absolute Gasteiger partial charge is 0.251 e. The molecule has 0 saturated carbocycles. The van der Waals surface area contributed by atoms with Gasteiger partial charge in [-0.1, -0.05) is 38.0 Å². The Morgan fingerprint density at radius 1 is 0.953 bits per heavy atom. The number of unbranched alkanes of at least 4 members (excludes halogenated alkanes) is 2. The second kappa shape index (κ2) is 16.4. The average Bonchev–Trinajstić information content (AvgIpc) is 3.46. The van der Waals surface area contributed by atoms with E-state index in [1.165, 1.54) is 0 Å². The van der Waals surface area contributed by atoms with Gasteiger partial charge in [-0.15, -0.1) is 12.4 Å². The second-order valence-electron chi connectivity index (χ2n) is 10.4. The van der Waals surface area contributed by atoms with Crippen LogP contribution in [-0.2, 0) is 10.0 Å². The van der Waals surface area contributed by atoms with E-state index in [-0.39, 0.29) is 23.2 Å². The van der Waals surface area contributed by atoms with Crippen molar-refractivity contribution in [1.82, 2.24) is 19.5 Å². The number of aromatic nitrogens is 1. The van der Waals surface area contributed by atoms with Crippen LogP contribution < -0.4 is 19.7 Å². The zero-order valence-corrected chi connectivity index (χ0v) is 28.0. The van der Waals surface area contributed by atoms with Crippen LogP contribution in [0, 0.1) is 0 Å². The molecule has 0 spiro atoms. The molecule has 43 heavy (non-hydrogen) atoms. The topological polar surface area (TPSA) is 104 Å². The van der Waals surface area contributed by atoms with Crippen molar-refractivity contribution >= 4 is 55.0 Å². The van der Waals surface area contributed by atoms with Gasteiger partial charge in [0.05, 0.1) is 19.1 Å². The fourth-order valence-corrected chi connectivity index (χ4v) is 7.59. The number of thiazole rings is 1. The number of piperazine rings is 1. The number of halogens is 1. The number of hydrogen-bond acceptors (Lipinski definition) is 9. The standard InChI is InChI=1S/C30H43N5O5S2.ClH/c1-5-7-16-35(17-8-6-2)42(37,38)24-11-9-23(10-12-24)29(36)31-15-18-33-19-21-34(22-20-33)30-32-27-25(39-3)13-14-26(40-4)28(27)41-30;/h9-14H,5-8,15-22H2,1-4H3,(H,31,36);1H. The molecule has 238 valence electrons. The van der Waals surface area contributed by atoms with Crippen LogP contribution in [-0.4, -0.2) is 95.1 Å². The molecule has 10 nitrogen and oxygen atoms in total. The maximum absolute atomic E-state index is 13.2. The Hall–Kier alpha value is -2.64. The summed E-state index contributed by atoms with van der Waals surface area (Å²) in [5.74, 6) is 1.32. The number of nitrogens with one attached hydrogen (secondary N) is 1. The highest BCUT2D eigenvalue weighted by molar-refractivity contribution is 7.89. The maximum Gasteiger partial charge on any atom is 0.251 e. The fourth-order valence-electron chi connectivity index (χ4n) is 4.95. The van der Waals surface area contributed by atoms with Gasteiger partial charge in [0.25, 0.3) is 5.91 Å². The number of hydrogen-bond donors (Lipinski definition) is 1. The molecule has 1 N–H and O–H groups in total. The van der Waals surface area contributed by atoms with E-state index in [1.807, 2.05) is 12.1 Å². The van der Waals surface area contributed by atoms with Gasteiger partial charge >= 0.3 is 0 Å². The Morgan fingerprint density at radius 2 is 1.56 bits per heavy atom. The number of nitrogens with zero attached hydrogens (tertiary/aromatic N) is 4. The lowest BCUT2D eigenvalue weighted by molar-refractivity contribution is 0.0947. The van der Waals surface area contributed by atoms with E-state index >= 15 is 0 Å². The summed E-state index contributed by atoms with van der Waals surface area (Å²) in [6.45, 7) is 9.77. The lowest BCUT2D eigenvalue weighted by Crippen LogP contribution is -2.48. The highest BCUT2D eigenvalue weighted by atomic mass is 35.5. The van der Waals surface area contributed by atoms with Crippen LogP contribution in [0.1, 0.15) is 49.9 Å². The Bertz CT molecular complexity index is 1380. The molecule has 1 aromatic heterocycles. The van der Waals surface area contributed by atoms with E-state index in [4.69, 9.17) is 14.5 Å². The molecule has 1 saturated heterocycles. The van der Waals surface area contributed by atoms with E-state index in [0.29, 0.717) is 25.2 Å². The summed E-state index contributed by atoms with van der Waals surface area (Å²) >= 11 is 1.61. The molecule has 1 fully saturated rings. The second-order valence-corrected chi connectivity index (χ2v) is 13.3. The first-order chi connectivity index (χ1) is 20.3. The molecule has 3 aromatic rings. The number of carbonyl (C=O) groups is 1. The summed E-state index contributed by atoms with van der Waals surface area (Å²) in [6, 6.07) is 10.1. The molecule has 4 rings (SSSR count). The molecular weight excluding hydrogens is 610 g/mol. The van der Waals surface area contributed by atoms with Gasteiger partial charge in [-0.05, 0) is 49.2 Å². The Balaban J connectivity index is 0.00000506. The zero-order chi connectivity index (χ0) is 30.1. The number of ether oxygens (including phenoxy) is 2. The average molecular weight is 654 g/mol. The summed E-state index contributed by atoms with van der Waals surface area (Å²) in [5.41, 5.74) is 1.27. The highest BCUT2D eigenvalue weighted by Gasteiger charge is 2.24. The minimum atomic E-state index is -3.58. The molecule has 1 aliphatic rings. The molecule has 0 radical (unpaired) electrons. The number of benzene rings is 2.